The lowest BCUT2D eigenvalue weighted by atomic mass is 9.87. The Labute approximate surface area is 113 Å². The van der Waals surface area contributed by atoms with Gasteiger partial charge in [-0.15, -0.1) is 12.4 Å². The number of unbranched alkanes of at least 4 members (excludes halogenated alkanes) is 1. The van der Waals surface area contributed by atoms with Gasteiger partial charge in [-0.1, -0.05) is 31.9 Å². The number of carbonyl (C=O) groups is 1. The second-order valence-corrected chi connectivity index (χ2v) is 4.37. The maximum absolute atomic E-state index is 13.0. The molecule has 0 spiro atoms. The van der Waals surface area contributed by atoms with E-state index in [9.17, 15) is 14.3 Å². The van der Waals surface area contributed by atoms with Gasteiger partial charge in [0.25, 0.3) is 0 Å². The molecule has 0 saturated carbocycles. The van der Waals surface area contributed by atoms with E-state index >= 15 is 0 Å². The third-order valence-electron chi connectivity index (χ3n) is 2.81. The second kappa shape index (κ2) is 7.34. The Balaban J connectivity index is 0.00000289. The van der Waals surface area contributed by atoms with E-state index in [1.165, 1.54) is 12.1 Å². The zero-order valence-electron chi connectivity index (χ0n) is 10.4. The number of hydrogen-bond acceptors (Lipinski definition) is 2. The Morgan fingerprint density at radius 3 is 2.67 bits per heavy atom. The topological polar surface area (TPSA) is 63.3 Å². The molecule has 0 bridgehead atoms. The highest BCUT2D eigenvalue weighted by molar-refractivity contribution is 5.85. The molecule has 0 aliphatic rings. The molecule has 0 fully saturated rings. The Hall–Kier alpha value is -1.13. The van der Waals surface area contributed by atoms with Crippen LogP contribution in [-0.4, -0.2) is 16.6 Å². The van der Waals surface area contributed by atoms with Crippen LogP contribution >= 0.6 is 12.4 Å². The molecule has 0 amide bonds. The number of nitrogens with two attached hydrogens (primary N) is 1. The van der Waals surface area contributed by atoms with Crippen LogP contribution in [0.4, 0.5) is 4.39 Å². The van der Waals surface area contributed by atoms with Gasteiger partial charge in [0.1, 0.15) is 11.4 Å². The van der Waals surface area contributed by atoms with Gasteiger partial charge in [0.15, 0.2) is 0 Å². The standard InChI is InChI=1S/C13H18FNO2.ClH/c1-2-3-7-13(15,12(16)17)9-10-5-4-6-11(14)8-10;/h4-6,8H,2-3,7,9,15H2,1H3,(H,16,17);1H/t13-;/m0./s1. The summed E-state index contributed by atoms with van der Waals surface area (Å²) < 4.78 is 13.0. The summed E-state index contributed by atoms with van der Waals surface area (Å²) in [7, 11) is 0. The van der Waals surface area contributed by atoms with Crippen LogP contribution in [0.5, 0.6) is 0 Å². The summed E-state index contributed by atoms with van der Waals surface area (Å²) in [6, 6.07) is 5.91. The minimum absolute atomic E-state index is 0. The molecule has 3 nitrogen and oxygen atoms in total. The average molecular weight is 276 g/mol. The molecule has 0 aliphatic carbocycles. The van der Waals surface area contributed by atoms with Crippen LogP contribution in [0.2, 0.25) is 0 Å². The number of aliphatic carboxylic acids is 1. The molecule has 102 valence electrons. The van der Waals surface area contributed by atoms with E-state index in [4.69, 9.17) is 5.73 Å². The average Bonchev–Trinajstić information content (AvgIpc) is 2.26. The number of carboxylic acid groups (broad SMARTS) is 1. The number of benzene rings is 1. The minimum atomic E-state index is -1.30. The van der Waals surface area contributed by atoms with Crippen LogP contribution in [0.3, 0.4) is 0 Å². The summed E-state index contributed by atoms with van der Waals surface area (Å²) in [6.07, 6.45) is 2.18. The van der Waals surface area contributed by atoms with E-state index in [1.54, 1.807) is 12.1 Å². The van der Waals surface area contributed by atoms with Crippen molar-refractivity contribution in [2.75, 3.05) is 0 Å². The van der Waals surface area contributed by atoms with Crippen molar-refractivity contribution < 1.29 is 14.3 Å². The first kappa shape index (κ1) is 16.9. The van der Waals surface area contributed by atoms with E-state index in [0.717, 1.165) is 12.8 Å². The van der Waals surface area contributed by atoms with Gasteiger partial charge in [0.05, 0.1) is 0 Å². The summed E-state index contributed by atoms with van der Waals surface area (Å²) in [5.74, 6) is -1.40. The smallest absolute Gasteiger partial charge is 0.324 e. The molecule has 0 aromatic heterocycles. The van der Waals surface area contributed by atoms with Crippen LogP contribution in [0.1, 0.15) is 31.7 Å². The van der Waals surface area contributed by atoms with Crippen molar-refractivity contribution in [3.05, 3.63) is 35.6 Å². The summed E-state index contributed by atoms with van der Waals surface area (Å²) in [5, 5.41) is 9.17. The molecule has 1 aromatic rings. The molecule has 1 atom stereocenters. The third kappa shape index (κ3) is 4.63. The fraction of sp³-hybridized carbons (Fsp3) is 0.462. The Morgan fingerprint density at radius 2 is 2.17 bits per heavy atom. The van der Waals surface area contributed by atoms with Gasteiger partial charge in [-0.05, 0) is 24.1 Å². The normalized spacial score (nSPS) is 13.5. The predicted molar refractivity (Wildman–Crippen MR) is 71.4 cm³/mol. The Kier molecular flexibility index (Phi) is 6.88. The lowest BCUT2D eigenvalue weighted by Crippen LogP contribution is -2.49. The van der Waals surface area contributed by atoms with Gasteiger partial charge in [-0.3, -0.25) is 4.79 Å². The highest BCUT2D eigenvalue weighted by Crippen LogP contribution is 2.19. The van der Waals surface area contributed by atoms with E-state index < -0.39 is 11.5 Å². The summed E-state index contributed by atoms with van der Waals surface area (Å²) in [5.41, 5.74) is 5.20. The lowest BCUT2D eigenvalue weighted by Gasteiger charge is -2.24. The highest BCUT2D eigenvalue weighted by Gasteiger charge is 2.33. The zero-order chi connectivity index (χ0) is 12.9. The van der Waals surface area contributed by atoms with Crippen molar-refractivity contribution in [3.8, 4) is 0 Å². The highest BCUT2D eigenvalue weighted by atomic mass is 35.5. The molecule has 3 N–H and O–H groups in total. The van der Waals surface area contributed by atoms with E-state index in [2.05, 4.69) is 0 Å². The Morgan fingerprint density at radius 1 is 1.50 bits per heavy atom. The van der Waals surface area contributed by atoms with Gasteiger partial charge < -0.3 is 10.8 Å². The summed E-state index contributed by atoms with van der Waals surface area (Å²) in [6.45, 7) is 1.98. The lowest BCUT2D eigenvalue weighted by molar-refractivity contribution is -0.143. The molecule has 1 rings (SSSR count). The summed E-state index contributed by atoms with van der Waals surface area (Å²) in [4.78, 5) is 11.2. The molecule has 0 radical (unpaired) electrons. The molecule has 5 heteroatoms. The first-order valence-corrected chi connectivity index (χ1v) is 5.74. The largest absolute Gasteiger partial charge is 0.480 e. The quantitative estimate of drug-likeness (QED) is 0.839. The first-order valence-electron chi connectivity index (χ1n) is 5.74. The predicted octanol–water partition coefficient (Wildman–Crippen LogP) is 2.76. The van der Waals surface area contributed by atoms with Crippen molar-refractivity contribution in [2.24, 2.45) is 5.73 Å². The van der Waals surface area contributed by atoms with Crippen molar-refractivity contribution in [2.45, 2.75) is 38.1 Å². The number of rotatable bonds is 6. The van der Waals surface area contributed by atoms with Gasteiger partial charge >= 0.3 is 5.97 Å². The second-order valence-electron chi connectivity index (χ2n) is 4.37. The first-order chi connectivity index (χ1) is 7.98. The third-order valence-corrected chi connectivity index (χ3v) is 2.81. The molecule has 18 heavy (non-hydrogen) atoms. The van der Waals surface area contributed by atoms with E-state index in [-0.39, 0.29) is 24.6 Å². The van der Waals surface area contributed by atoms with Crippen LogP contribution in [-0.2, 0) is 11.2 Å². The monoisotopic (exact) mass is 275 g/mol. The maximum Gasteiger partial charge on any atom is 0.324 e. The van der Waals surface area contributed by atoms with Gasteiger partial charge in [0, 0.05) is 6.42 Å². The Bertz CT molecular complexity index is 400. The van der Waals surface area contributed by atoms with Crippen LogP contribution in [0.25, 0.3) is 0 Å². The van der Waals surface area contributed by atoms with Crippen LogP contribution in [0.15, 0.2) is 24.3 Å². The van der Waals surface area contributed by atoms with Gasteiger partial charge in [0.2, 0.25) is 0 Å². The van der Waals surface area contributed by atoms with Crippen molar-refractivity contribution in [3.63, 3.8) is 0 Å². The molecular formula is C13H19ClFNO2. The fourth-order valence-electron chi connectivity index (χ4n) is 1.77. The number of carboxylic acids is 1. The number of hydrogen-bond donors (Lipinski definition) is 2. The molecule has 0 heterocycles. The van der Waals surface area contributed by atoms with E-state index in [1.807, 2.05) is 6.92 Å². The number of halogens is 2. The molecule has 0 unspecified atom stereocenters. The van der Waals surface area contributed by atoms with Crippen LogP contribution in [0, 0.1) is 5.82 Å². The van der Waals surface area contributed by atoms with E-state index in [0.29, 0.717) is 12.0 Å². The molecule has 0 saturated heterocycles. The zero-order valence-corrected chi connectivity index (χ0v) is 11.2. The molecule has 0 aliphatic heterocycles. The summed E-state index contributed by atoms with van der Waals surface area (Å²) >= 11 is 0. The van der Waals surface area contributed by atoms with Gasteiger partial charge in [-0.25, -0.2) is 4.39 Å². The fourth-order valence-corrected chi connectivity index (χ4v) is 1.77. The molecule has 1 aromatic carbocycles. The van der Waals surface area contributed by atoms with Crippen LogP contribution < -0.4 is 5.73 Å². The SMILES string of the molecule is CCCC[C@](N)(Cc1cccc(F)c1)C(=O)O.Cl. The minimum Gasteiger partial charge on any atom is -0.480 e. The molecular weight excluding hydrogens is 257 g/mol. The van der Waals surface area contributed by atoms with Crippen molar-refractivity contribution >= 4 is 18.4 Å². The maximum atomic E-state index is 13.0. The van der Waals surface area contributed by atoms with Crippen molar-refractivity contribution in [1.29, 1.82) is 0 Å². The van der Waals surface area contributed by atoms with Gasteiger partial charge in [-0.2, -0.15) is 0 Å². The van der Waals surface area contributed by atoms with Crippen molar-refractivity contribution in [1.82, 2.24) is 0 Å².